The lowest BCUT2D eigenvalue weighted by Crippen LogP contribution is -3.00. The molecule has 27 heavy (non-hydrogen) atoms. The summed E-state index contributed by atoms with van der Waals surface area (Å²) in [7, 11) is 0. The van der Waals surface area contributed by atoms with Crippen molar-refractivity contribution in [3.05, 3.63) is 46.3 Å². The molecular weight excluding hydrogens is 360 g/mol. The minimum atomic E-state index is -1.29. The summed E-state index contributed by atoms with van der Waals surface area (Å²) in [5.41, 5.74) is 3.24. The molecule has 0 fully saturated rings. The van der Waals surface area contributed by atoms with E-state index in [4.69, 9.17) is 14.7 Å². The monoisotopic (exact) mass is 378 g/mol. The molecule has 2 aromatic rings. The van der Waals surface area contributed by atoms with E-state index in [1.54, 1.807) is 6.07 Å². The Labute approximate surface area is 153 Å². The van der Waals surface area contributed by atoms with E-state index in [1.165, 1.54) is 18.2 Å². The number of nitrogens with one attached hydrogen (secondary N) is 3. The maximum atomic E-state index is 11.4. The number of ether oxygens (including phenoxy) is 2. The number of fused-ring (bicyclic) bond motifs is 1. The highest BCUT2D eigenvalue weighted by molar-refractivity contribution is 6.03. The van der Waals surface area contributed by atoms with Gasteiger partial charge < -0.3 is 25.0 Å². The van der Waals surface area contributed by atoms with Gasteiger partial charge in [0.2, 0.25) is 6.79 Å². The van der Waals surface area contributed by atoms with Gasteiger partial charge in [0, 0.05) is 17.7 Å². The minimum absolute atomic E-state index is 0.0543. The highest BCUT2D eigenvalue weighted by Gasteiger charge is 2.20. The second-order valence-corrected chi connectivity index (χ2v) is 5.62. The standard InChI is InChI=1S/C16H18N4O7/c1-2-11(10-6-15-16(7-14(10)21)27-8-26-15)17-18-12-4-3-9(19(22)23)5-13(12)20(24)25/h3-7,18-22,24H,2,8H2,1H3. The molecule has 1 heterocycles. The normalized spacial score (nSPS) is 15.5. The number of benzene rings is 2. The van der Waals surface area contributed by atoms with E-state index < -0.39 is 10.5 Å². The van der Waals surface area contributed by atoms with Crippen molar-refractivity contribution < 1.29 is 35.4 Å². The van der Waals surface area contributed by atoms with Crippen LogP contribution in [-0.4, -0.2) is 28.0 Å². The molecule has 2 aromatic carbocycles. The Morgan fingerprint density at radius 2 is 1.85 bits per heavy atom. The number of rotatable bonds is 6. The number of phenols is 1. The van der Waals surface area contributed by atoms with E-state index in [0.717, 1.165) is 6.07 Å². The molecule has 2 unspecified atom stereocenters. The molecule has 11 nitrogen and oxygen atoms in total. The molecule has 6 N–H and O–H groups in total. The number of nitrogens with zero attached hydrogens (tertiary/aromatic N) is 1. The van der Waals surface area contributed by atoms with Crippen molar-refractivity contribution in [1.29, 1.82) is 0 Å². The van der Waals surface area contributed by atoms with Gasteiger partial charge in [0.05, 0.1) is 11.8 Å². The smallest absolute Gasteiger partial charge is 0.231 e. The first kappa shape index (κ1) is 18.8. The number of anilines is 1. The Morgan fingerprint density at radius 3 is 2.48 bits per heavy atom. The van der Waals surface area contributed by atoms with Gasteiger partial charge in [0.25, 0.3) is 0 Å². The summed E-state index contributed by atoms with van der Waals surface area (Å²) < 4.78 is 10.5. The molecule has 0 amide bonds. The second-order valence-electron chi connectivity index (χ2n) is 5.62. The van der Waals surface area contributed by atoms with Gasteiger partial charge in [-0.25, -0.2) is 10.4 Å². The highest BCUT2D eigenvalue weighted by Crippen LogP contribution is 2.38. The molecule has 1 aliphatic heterocycles. The van der Waals surface area contributed by atoms with Crippen LogP contribution in [0, 0.1) is 10.4 Å². The van der Waals surface area contributed by atoms with Gasteiger partial charge in [-0.2, -0.15) is 15.6 Å². The first-order valence-corrected chi connectivity index (χ1v) is 7.97. The molecule has 144 valence electrons. The Hall–Kier alpha value is -2.93. The highest BCUT2D eigenvalue weighted by atomic mass is 16.8. The summed E-state index contributed by atoms with van der Waals surface area (Å²) in [4.78, 5) is 0. The Bertz CT molecular complexity index is 870. The fraction of sp³-hybridized carbons (Fsp3) is 0.188. The van der Waals surface area contributed by atoms with Crippen molar-refractivity contribution in [2.75, 3.05) is 12.2 Å². The molecule has 0 aromatic heterocycles. The van der Waals surface area contributed by atoms with Crippen LogP contribution in [0.4, 0.5) is 17.1 Å². The molecule has 0 saturated heterocycles. The van der Waals surface area contributed by atoms with E-state index in [9.17, 15) is 20.7 Å². The van der Waals surface area contributed by atoms with E-state index in [2.05, 4.69) is 10.5 Å². The van der Waals surface area contributed by atoms with Crippen LogP contribution in [0.25, 0.3) is 0 Å². The van der Waals surface area contributed by atoms with Crippen LogP contribution in [0.3, 0.4) is 0 Å². The average molecular weight is 378 g/mol. The quantitative estimate of drug-likeness (QED) is 0.306. The molecule has 0 bridgehead atoms. The van der Waals surface area contributed by atoms with Gasteiger partial charge in [0.1, 0.15) is 11.4 Å². The predicted octanol–water partition coefficient (Wildman–Crippen LogP) is 0.154. The third-order valence-corrected chi connectivity index (χ3v) is 3.94. The Balaban J connectivity index is 1.92. The van der Waals surface area contributed by atoms with E-state index in [0.29, 0.717) is 29.2 Å². The molecule has 0 aliphatic carbocycles. The van der Waals surface area contributed by atoms with Gasteiger partial charge in [0.15, 0.2) is 22.9 Å². The fourth-order valence-corrected chi connectivity index (χ4v) is 2.57. The summed E-state index contributed by atoms with van der Waals surface area (Å²) in [6.45, 7) is 1.88. The minimum Gasteiger partial charge on any atom is -0.595 e. The Kier molecular flexibility index (Phi) is 5.41. The zero-order valence-electron chi connectivity index (χ0n) is 14.2. The third kappa shape index (κ3) is 3.93. The summed E-state index contributed by atoms with van der Waals surface area (Å²) in [6.07, 6.45) is 0.426. The van der Waals surface area contributed by atoms with E-state index in [-0.39, 0.29) is 29.6 Å². The average Bonchev–Trinajstić information content (AvgIpc) is 3.09. The first-order chi connectivity index (χ1) is 12.9. The molecular formula is C16H18N4O7. The summed E-state index contributed by atoms with van der Waals surface area (Å²) >= 11 is 0. The van der Waals surface area contributed by atoms with Gasteiger partial charge in [-0.15, -0.1) is 0 Å². The van der Waals surface area contributed by atoms with Crippen molar-refractivity contribution in [2.45, 2.75) is 13.3 Å². The van der Waals surface area contributed by atoms with Crippen LogP contribution in [0.2, 0.25) is 0 Å². The number of quaternary nitrogens is 2. The van der Waals surface area contributed by atoms with Gasteiger partial charge in [-0.3, -0.25) is 5.43 Å². The number of hydrogen-bond acceptors (Lipinski definition) is 9. The number of phenolic OH excluding ortho intramolecular Hbond substituents is 1. The predicted molar refractivity (Wildman–Crippen MR) is 92.7 cm³/mol. The lowest BCUT2D eigenvalue weighted by molar-refractivity contribution is -0.996. The van der Waals surface area contributed by atoms with Crippen LogP contribution in [-0.2, 0) is 0 Å². The lowest BCUT2D eigenvalue weighted by atomic mass is 10.1. The number of hydrogen-bond donors (Lipinski definition) is 6. The zero-order chi connectivity index (χ0) is 19.6. The lowest BCUT2D eigenvalue weighted by Gasteiger charge is -2.18. The number of aromatic hydroxyl groups is 1. The fourth-order valence-electron chi connectivity index (χ4n) is 2.57. The molecule has 0 saturated carbocycles. The summed E-state index contributed by atoms with van der Waals surface area (Å²) in [5.74, 6) is 0.847. The molecule has 11 heteroatoms. The Morgan fingerprint density at radius 1 is 1.15 bits per heavy atom. The largest absolute Gasteiger partial charge is 0.595 e. The topological polar surface area (TPSA) is 159 Å². The van der Waals surface area contributed by atoms with Crippen LogP contribution < -0.4 is 25.4 Å². The first-order valence-electron chi connectivity index (χ1n) is 7.97. The molecule has 2 atom stereocenters. The van der Waals surface area contributed by atoms with Crippen LogP contribution in [0.5, 0.6) is 17.2 Å². The van der Waals surface area contributed by atoms with Crippen molar-refractivity contribution in [3.63, 3.8) is 0 Å². The van der Waals surface area contributed by atoms with Crippen molar-refractivity contribution in [2.24, 2.45) is 5.10 Å². The SMILES string of the molecule is CCC(=NNc1ccc([NH+]([O-])O)cc1[NH+]([O-])O)c1cc2c(cc1O)OCO2. The van der Waals surface area contributed by atoms with Crippen molar-refractivity contribution in [3.8, 4) is 17.2 Å². The second kappa shape index (κ2) is 7.75. The van der Waals surface area contributed by atoms with Gasteiger partial charge >= 0.3 is 0 Å². The molecule has 0 spiro atoms. The van der Waals surface area contributed by atoms with Gasteiger partial charge in [-0.05, 0) is 18.6 Å². The van der Waals surface area contributed by atoms with Crippen LogP contribution >= 0.6 is 0 Å². The summed E-state index contributed by atoms with van der Waals surface area (Å²) in [5, 5.41) is 52.6. The van der Waals surface area contributed by atoms with E-state index >= 15 is 0 Å². The van der Waals surface area contributed by atoms with Crippen LogP contribution in [0.1, 0.15) is 18.9 Å². The summed E-state index contributed by atoms with van der Waals surface area (Å²) in [6, 6.07) is 6.66. The number of hydrazone groups is 1. The zero-order valence-corrected chi connectivity index (χ0v) is 14.2. The van der Waals surface area contributed by atoms with E-state index in [1.807, 2.05) is 6.92 Å². The molecule has 3 rings (SSSR count). The third-order valence-electron chi connectivity index (χ3n) is 3.94. The maximum absolute atomic E-state index is 11.4. The maximum Gasteiger partial charge on any atom is 0.231 e. The van der Waals surface area contributed by atoms with Crippen LogP contribution in [0.15, 0.2) is 35.4 Å². The van der Waals surface area contributed by atoms with Gasteiger partial charge in [-0.1, -0.05) is 6.92 Å². The van der Waals surface area contributed by atoms with Crippen molar-refractivity contribution >= 4 is 22.8 Å². The van der Waals surface area contributed by atoms with Crippen molar-refractivity contribution in [1.82, 2.24) is 0 Å². The molecule has 1 aliphatic rings. The molecule has 0 radical (unpaired) electrons.